The maximum atomic E-state index is 11.8. The second-order valence-electron chi connectivity index (χ2n) is 3.56. The van der Waals surface area contributed by atoms with E-state index in [0.717, 1.165) is 5.56 Å². The van der Waals surface area contributed by atoms with Crippen LogP contribution in [0.4, 0.5) is 0 Å². The number of nitrogens with two attached hydrogens (primary N) is 1. The molecule has 4 heteroatoms. The fourth-order valence-electron chi connectivity index (χ4n) is 1.39. The lowest BCUT2D eigenvalue weighted by atomic mass is 10.2. The summed E-state index contributed by atoms with van der Waals surface area (Å²) in [6.07, 6.45) is 0.527. The maximum Gasteiger partial charge on any atom is 0.157 e. The van der Waals surface area contributed by atoms with Crippen LogP contribution in [-0.2, 0) is 9.84 Å². The van der Waals surface area contributed by atoms with Crippen LogP contribution < -0.4 is 5.73 Å². The van der Waals surface area contributed by atoms with Crippen LogP contribution in [0.15, 0.2) is 30.3 Å². The molecular formula is C11H17NO2S. The van der Waals surface area contributed by atoms with Crippen molar-refractivity contribution >= 4 is 9.84 Å². The van der Waals surface area contributed by atoms with Gasteiger partial charge in [-0.15, -0.1) is 0 Å². The van der Waals surface area contributed by atoms with Gasteiger partial charge < -0.3 is 5.73 Å². The lowest BCUT2D eigenvalue weighted by Crippen LogP contribution is -2.16. The van der Waals surface area contributed by atoms with Gasteiger partial charge in [0.2, 0.25) is 0 Å². The Kier molecular flexibility index (Phi) is 4.29. The molecule has 1 atom stereocenters. The van der Waals surface area contributed by atoms with Gasteiger partial charge in [-0.3, -0.25) is 0 Å². The van der Waals surface area contributed by atoms with Crippen molar-refractivity contribution in [3.05, 3.63) is 35.9 Å². The van der Waals surface area contributed by atoms with Crippen molar-refractivity contribution in [3.8, 4) is 0 Å². The molecular weight excluding hydrogens is 210 g/mol. The second kappa shape index (κ2) is 5.28. The van der Waals surface area contributed by atoms with Crippen LogP contribution in [0.1, 0.15) is 24.2 Å². The Morgan fingerprint density at radius 3 is 2.40 bits per heavy atom. The Morgan fingerprint density at radius 2 is 1.87 bits per heavy atom. The predicted octanol–water partition coefficient (Wildman–Crippen LogP) is 1.51. The van der Waals surface area contributed by atoms with E-state index >= 15 is 0 Å². The van der Waals surface area contributed by atoms with Crippen molar-refractivity contribution in [1.82, 2.24) is 0 Å². The van der Waals surface area contributed by atoms with E-state index in [4.69, 9.17) is 5.73 Å². The smallest absolute Gasteiger partial charge is 0.157 e. The number of rotatable bonds is 5. The molecule has 0 bridgehead atoms. The van der Waals surface area contributed by atoms with Crippen molar-refractivity contribution in [2.24, 2.45) is 5.73 Å². The third-order valence-corrected chi connectivity index (χ3v) is 4.65. The summed E-state index contributed by atoms with van der Waals surface area (Å²) in [7, 11) is -3.06. The molecule has 0 saturated carbocycles. The van der Waals surface area contributed by atoms with E-state index in [2.05, 4.69) is 0 Å². The number of hydrogen-bond donors (Lipinski definition) is 1. The molecule has 1 aromatic carbocycles. The molecule has 84 valence electrons. The Morgan fingerprint density at radius 1 is 1.27 bits per heavy atom. The lowest BCUT2D eigenvalue weighted by Gasteiger charge is -2.12. The van der Waals surface area contributed by atoms with Gasteiger partial charge in [0.25, 0.3) is 0 Å². The van der Waals surface area contributed by atoms with Crippen LogP contribution in [-0.4, -0.2) is 20.7 Å². The third kappa shape index (κ3) is 3.32. The van der Waals surface area contributed by atoms with Gasteiger partial charge >= 0.3 is 0 Å². The third-order valence-electron chi connectivity index (χ3n) is 2.44. The molecule has 0 heterocycles. The highest BCUT2D eigenvalue weighted by molar-refractivity contribution is 7.91. The van der Waals surface area contributed by atoms with E-state index in [-0.39, 0.29) is 5.75 Å². The fraction of sp³-hybridized carbons (Fsp3) is 0.455. The van der Waals surface area contributed by atoms with Gasteiger partial charge in [-0.05, 0) is 25.5 Å². The number of benzene rings is 1. The van der Waals surface area contributed by atoms with Crippen molar-refractivity contribution in [3.63, 3.8) is 0 Å². The summed E-state index contributed by atoms with van der Waals surface area (Å²) in [6, 6.07) is 9.26. The van der Waals surface area contributed by atoms with E-state index < -0.39 is 15.1 Å². The van der Waals surface area contributed by atoms with Crippen molar-refractivity contribution in [2.45, 2.75) is 18.6 Å². The molecule has 0 amide bonds. The average Bonchev–Trinajstić information content (AvgIpc) is 2.26. The molecule has 0 aliphatic carbocycles. The Balaban J connectivity index is 2.80. The summed E-state index contributed by atoms with van der Waals surface area (Å²) in [5.74, 6) is 0.166. The van der Waals surface area contributed by atoms with Crippen LogP contribution in [0.25, 0.3) is 0 Å². The zero-order valence-corrected chi connectivity index (χ0v) is 9.70. The maximum absolute atomic E-state index is 11.8. The van der Waals surface area contributed by atoms with Gasteiger partial charge in [0, 0.05) is 0 Å². The minimum absolute atomic E-state index is 0.166. The first-order chi connectivity index (χ1) is 7.08. The highest BCUT2D eigenvalue weighted by atomic mass is 32.2. The molecule has 0 aliphatic heterocycles. The molecule has 0 saturated heterocycles. The van der Waals surface area contributed by atoms with Crippen LogP contribution in [0.2, 0.25) is 0 Å². The van der Waals surface area contributed by atoms with E-state index in [1.54, 1.807) is 6.92 Å². The molecule has 0 radical (unpaired) electrons. The molecule has 1 rings (SSSR count). The normalized spacial score (nSPS) is 13.7. The van der Waals surface area contributed by atoms with Crippen molar-refractivity contribution in [2.75, 3.05) is 12.3 Å². The summed E-state index contributed by atoms with van der Waals surface area (Å²) in [5.41, 5.74) is 6.15. The van der Waals surface area contributed by atoms with E-state index in [1.165, 1.54) is 0 Å². The minimum Gasteiger partial charge on any atom is -0.330 e. The van der Waals surface area contributed by atoms with E-state index in [0.29, 0.717) is 13.0 Å². The van der Waals surface area contributed by atoms with Crippen molar-refractivity contribution in [1.29, 1.82) is 0 Å². The molecule has 3 nitrogen and oxygen atoms in total. The zero-order chi connectivity index (χ0) is 11.3. The van der Waals surface area contributed by atoms with Crippen LogP contribution in [0, 0.1) is 0 Å². The van der Waals surface area contributed by atoms with Crippen molar-refractivity contribution < 1.29 is 8.42 Å². The summed E-state index contributed by atoms with van der Waals surface area (Å²) >= 11 is 0. The molecule has 0 aromatic heterocycles. The van der Waals surface area contributed by atoms with Gasteiger partial charge in [0.05, 0.1) is 11.0 Å². The van der Waals surface area contributed by atoms with Crippen LogP contribution in [0.5, 0.6) is 0 Å². The lowest BCUT2D eigenvalue weighted by molar-refractivity contribution is 0.583. The fourth-order valence-corrected chi connectivity index (χ4v) is 2.89. The molecule has 1 unspecified atom stereocenters. The first kappa shape index (κ1) is 12.2. The highest BCUT2D eigenvalue weighted by Crippen LogP contribution is 2.22. The minimum atomic E-state index is -3.06. The average molecular weight is 227 g/mol. The molecule has 0 spiro atoms. The van der Waals surface area contributed by atoms with Gasteiger partial charge in [-0.1, -0.05) is 30.3 Å². The van der Waals surface area contributed by atoms with Gasteiger partial charge in [0.1, 0.15) is 0 Å². The van der Waals surface area contributed by atoms with Gasteiger partial charge in [0.15, 0.2) is 9.84 Å². The highest BCUT2D eigenvalue weighted by Gasteiger charge is 2.21. The Bertz CT molecular complexity index is 386. The van der Waals surface area contributed by atoms with Gasteiger partial charge in [-0.25, -0.2) is 8.42 Å². The number of sulfone groups is 1. The van der Waals surface area contributed by atoms with E-state index in [9.17, 15) is 8.42 Å². The molecule has 15 heavy (non-hydrogen) atoms. The summed E-state index contributed by atoms with van der Waals surface area (Å²) in [6.45, 7) is 2.14. The molecule has 0 aliphatic rings. The summed E-state index contributed by atoms with van der Waals surface area (Å²) in [5, 5.41) is -0.440. The Labute approximate surface area is 91.2 Å². The van der Waals surface area contributed by atoms with Crippen LogP contribution >= 0.6 is 0 Å². The number of hydrogen-bond acceptors (Lipinski definition) is 3. The van der Waals surface area contributed by atoms with Crippen LogP contribution in [0.3, 0.4) is 0 Å². The monoisotopic (exact) mass is 227 g/mol. The first-order valence-electron chi connectivity index (χ1n) is 5.04. The first-order valence-corrected chi connectivity index (χ1v) is 6.76. The quantitative estimate of drug-likeness (QED) is 0.829. The second-order valence-corrected chi connectivity index (χ2v) is 6.00. The van der Waals surface area contributed by atoms with E-state index in [1.807, 2.05) is 30.3 Å². The topological polar surface area (TPSA) is 60.2 Å². The largest absolute Gasteiger partial charge is 0.330 e. The SMILES string of the molecule is CC(c1ccccc1)S(=O)(=O)CCCN. The standard InChI is InChI=1S/C11H17NO2S/c1-10(11-6-3-2-4-7-11)15(13,14)9-5-8-12/h2-4,6-7,10H,5,8-9,12H2,1H3. The summed E-state index contributed by atoms with van der Waals surface area (Å²) in [4.78, 5) is 0. The molecule has 2 N–H and O–H groups in total. The zero-order valence-electron chi connectivity index (χ0n) is 8.89. The summed E-state index contributed by atoms with van der Waals surface area (Å²) < 4.78 is 23.7. The predicted molar refractivity (Wildman–Crippen MR) is 62.3 cm³/mol. The Hall–Kier alpha value is -0.870. The molecule has 1 aromatic rings. The van der Waals surface area contributed by atoms with Gasteiger partial charge in [-0.2, -0.15) is 0 Å². The molecule has 0 fully saturated rings.